The Balaban J connectivity index is 2.06. The van der Waals surface area contributed by atoms with Crippen LogP contribution in [0.25, 0.3) is 22.0 Å². The molecule has 1 heterocycles. The number of amides is 2. The van der Waals surface area contributed by atoms with Crippen molar-refractivity contribution in [2.45, 2.75) is 13.8 Å². The van der Waals surface area contributed by atoms with Crippen LogP contribution in [0.3, 0.4) is 0 Å². The highest BCUT2D eigenvalue weighted by Gasteiger charge is 2.12. The maximum Gasteiger partial charge on any atom is 0.221 e. The van der Waals surface area contributed by atoms with E-state index in [-0.39, 0.29) is 17.6 Å². The van der Waals surface area contributed by atoms with E-state index in [2.05, 4.69) is 15.6 Å². The quantitative estimate of drug-likeness (QED) is 0.639. The molecule has 2 aromatic carbocycles. The van der Waals surface area contributed by atoms with Gasteiger partial charge in [-0.2, -0.15) is 0 Å². The van der Waals surface area contributed by atoms with Crippen molar-refractivity contribution in [2.75, 3.05) is 10.6 Å². The predicted octanol–water partition coefficient (Wildman–Crippen LogP) is 3.52. The average Bonchev–Trinajstić information content (AvgIpc) is 2.57. The van der Waals surface area contributed by atoms with E-state index in [1.54, 1.807) is 12.3 Å². The molecule has 6 heteroatoms. The smallest absolute Gasteiger partial charge is 0.221 e. The Bertz CT molecular complexity index is 966. The van der Waals surface area contributed by atoms with Crippen molar-refractivity contribution in [2.24, 2.45) is 0 Å². The summed E-state index contributed by atoms with van der Waals surface area (Å²) in [5.74, 6) is -0.457. The Hall–Kier alpha value is -3.41. The van der Waals surface area contributed by atoms with Crippen molar-refractivity contribution >= 4 is 34.1 Å². The van der Waals surface area contributed by atoms with Crippen LogP contribution in [-0.2, 0) is 9.59 Å². The second kappa shape index (κ2) is 6.60. The lowest BCUT2D eigenvalue weighted by Gasteiger charge is -2.11. The van der Waals surface area contributed by atoms with Crippen molar-refractivity contribution < 1.29 is 14.7 Å². The summed E-state index contributed by atoms with van der Waals surface area (Å²) in [6.45, 7) is 2.84. The van der Waals surface area contributed by atoms with Gasteiger partial charge in [0.1, 0.15) is 5.52 Å². The number of aromatic hydroxyl groups is 1. The number of anilines is 2. The van der Waals surface area contributed by atoms with Gasteiger partial charge < -0.3 is 15.7 Å². The zero-order valence-corrected chi connectivity index (χ0v) is 13.8. The van der Waals surface area contributed by atoms with Crippen LogP contribution in [0.1, 0.15) is 13.8 Å². The molecule has 0 bridgehead atoms. The molecule has 0 aliphatic carbocycles. The second-order valence-electron chi connectivity index (χ2n) is 5.66. The molecule has 0 atom stereocenters. The Morgan fingerprint density at radius 1 is 0.920 bits per heavy atom. The van der Waals surface area contributed by atoms with Crippen molar-refractivity contribution in [3.8, 4) is 16.9 Å². The highest BCUT2D eigenvalue weighted by Crippen LogP contribution is 2.36. The van der Waals surface area contributed by atoms with Crippen molar-refractivity contribution in [3.05, 3.63) is 48.7 Å². The number of phenols is 1. The van der Waals surface area contributed by atoms with Gasteiger partial charge in [-0.25, -0.2) is 0 Å². The highest BCUT2D eigenvalue weighted by molar-refractivity contribution is 6.02. The molecule has 2 amide bonds. The molecule has 0 aliphatic heterocycles. The van der Waals surface area contributed by atoms with E-state index in [1.807, 2.05) is 36.4 Å². The maximum atomic E-state index is 11.2. The summed E-state index contributed by atoms with van der Waals surface area (Å²) in [5, 5.41) is 16.5. The van der Waals surface area contributed by atoms with E-state index in [4.69, 9.17) is 0 Å². The van der Waals surface area contributed by atoms with Crippen LogP contribution >= 0.6 is 0 Å². The van der Waals surface area contributed by atoms with Crippen LogP contribution < -0.4 is 10.6 Å². The molecule has 0 saturated heterocycles. The lowest BCUT2D eigenvalue weighted by molar-refractivity contribution is -0.115. The average molecular weight is 335 g/mol. The first-order chi connectivity index (χ1) is 12.0. The molecule has 3 aromatic rings. The minimum atomic E-state index is -0.264. The van der Waals surface area contributed by atoms with E-state index < -0.39 is 0 Å². The lowest BCUT2D eigenvalue weighted by Crippen LogP contribution is -2.06. The van der Waals surface area contributed by atoms with Crippen molar-refractivity contribution in [1.82, 2.24) is 4.98 Å². The number of pyridine rings is 1. The van der Waals surface area contributed by atoms with Crippen molar-refractivity contribution in [1.29, 1.82) is 0 Å². The first-order valence-corrected chi connectivity index (χ1v) is 7.72. The van der Waals surface area contributed by atoms with Crippen LogP contribution in [0.4, 0.5) is 11.4 Å². The van der Waals surface area contributed by atoms with Gasteiger partial charge in [0.25, 0.3) is 0 Å². The van der Waals surface area contributed by atoms with E-state index in [1.165, 1.54) is 13.8 Å². The first-order valence-electron chi connectivity index (χ1n) is 7.72. The molecule has 0 unspecified atom stereocenters. The third-order valence-electron chi connectivity index (χ3n) is 3.71. The summed E-state index contributed by atoms with van der Waals surface area (Å²) in [6, 6.07) is 12.7. The van der Waals surface area contributed by atoms with Gasteiger partial charge in [0.05, 0.1) is 5.69 Å². The van der Waals surface area contributed by atoms with Crippen LogP contribution in [0.15, 0.2) is 48.7 Å². The number of fused-ring (bicyclic) bond motifs is 1. The number of nitrogens with zero attached hydrogens (tertiary/aromatic N) is 1. The molecule has 0 saturated carbocycles. The van der Waals surface area contributed by atoms with E-state index in [0.717, 1.165) is 16.5 Å². The first kappa shape index (κ1) is 16.4. The summed E-state index contributed by atoms with van der Waals surface area (Å²) < 4.78 is 0. The summed E-state index contributed by atoms with van der Waals surface area (Å²) in [4.78, 5) is 26.6. The third kappa shape index (κ3) is 3.42. The number of benzene rings is 2. The van der Waals surface area contributed by atoms with E-state index in [0.29, 0.717) is 16.9 Å². The van der Waals surface area contributed by atoms with Gasteiger partial charge in [-0.1, -0.05) is 12.1 Å². The number of hydrogen-bond acceptors (Lipinski definition) is 4. The molecular formula is C19H17N3O3. The molecule has 0 fully saturated rings. The predicted molar refractivity (Wildman–Crippen MR) is 97.5 cm³/mol. The van der Waals surface area contributed by atoms with Gasteiger partial charge in [0.15, 0.2) is 5.75 Å². The van der Waals surface area contributed by atoms with Crippen LogP contribution in [0, 0.1) is 0 Å². The standard InChI is InChI=1S/C19H17N3O3/c1-11(23)21-14-5-3-13(4-6-14)15-9-10-20-18-16(15)7-8-17(19(18)25)22-12(2)24/h3-10,25H,1-2H3,(H,21,23)(H,22,24). The monoisotopic (exact) mass is 335 g/mol. The summed E-state index contributed by atoms with van der Waals surface area (Å²) in [6.07, 6.45) is 1.61. The maximum absolute atomic E-state index is 11.2. The van der Waals surface area contributed by atoms with Gasteiger partial charge in [0.2, 0.25) is 11.8 Å². The fourth-order valence-corrected chi connectivity index (χ4v) is 2.68. The minimum Gasteiger partial charge on any atom is -0.504 e. The number of rotatable bonds is 3. The van der Waals surface area contributed by atoms with Gasteiger partial charge >= 0.3 is 0 Å². The van der Waals surface area contributed by atoms with Crippen molar-refractivity contribution in [3.63, 3.8) is 0 Å². The van der Waals surface area contributed by atoms with Gasteiger partial charge in [-0.15, -0.1) is 0 Å². The molecule has 0 spiro atoms. The van der Waals surface area contributed by atoms with Gasteiger partial charge in [-0.05, 0) is 41.5 Å². The summed E-state index contributed by atoms with van der Waals surface area (Å²) in [7, 11) is 0. The fourth-order valence-electron chi connectivity index (χ4n) is 2.68. The molecule has 126 valence electrons. The zero-order chi connectivity index (χ0) is 18.0. The molecule has 6 nitrogen and oxygen atoms in total. The van der Waals surface area contributed by atoms with E-state index in [9.17, 15) is 14.7 Å². The Kier molecular flexibility index (Phi) is 4.35. The van der Waals surface area contributed by atoms with Crippen LogP contribution in [0.2, 0.25) is 0 Å². The van der Waals surface area contributed by atoms with Crippen LogP contribution in [-0.4, -0.2) is 21.9 Å². The molecule has 25 heavy (non-hydrogen) atoms. The Morgan fingerprint density at radius 3 is 2.24 bits per heavy atom. The van der Waals surface area contributed by atoms with Crippen LogP contribution in [0.5, 0.6) is 5.75 Å². The third-order valence-corrected chi connectivity index (χ3v) is 3.71. The summed E-state index contributed by atoms with van der Waals surface area (Å²) >= 11 is 0. The Labute approximate surface area is 144 Å². The topological polar surface area (TPSA) is 91.3 Å². The molecule has 0 aliphatic rings. The molecule has 3 N–H and O–H groups in total. The fraction of sp³-hybridized carbons (Fsp3) is 0.105. The number of hydrogen-bond donors (Lipinski definition) is 3. The number of phenolic OH excluding ortho intramolecular Hbond substituents is 1. The molecule has 0 radical (unpaired) electrons. The normalized spacial score (nSPS) is 10.5. The van der Waals surface area contributed by atoms with E-state index >= 15 is 0 Å². The Morgan fingerprint density at radius 2 is 1.60 bits per heavy atom. The summed E-state index contributed by atoms with van der Waals surface area (Å²) in [5.41, 5.74) is 3.27. The molecular weight excluding hydrogens is 318 g/mol. The lowest BCUT2D eigenvalue weighted by atomic mass is 10.0. The zero-order valence-electron chi connectivity index (χ0n) is 13.8. The largest absolute Gasteiger partial charge is 0.504 e. The number of carbonyl (C=O) groups excluding carboxylic acids is 2. The number of aromatic nitrogens is 1. The van der Waals surface area contributed by atoms with Gasteiger partial charge in [-0.3, -0.25) is 14.6 Å². The number of nitrogens with one attached hydrogen (secondary N) is 2. The SMILES string of the molecule is CC(=O)Nc1ccc(-c2ccnc3c(O)c(NC(C)=O)ccc23)cc1. The molecule has 1 aromatic heterocycles. The minimum absolute atomic E-state index is 0.0654. The molecule has 3 rings (SSSR count). The highest BCUT2D eigenvalue weighted by atomic mass is 16.3. The number of carbonyl (C=O) groups is 2. The second-order valence-corrected chi connectivity index (χ2v) is 5.66. The van der Waals surface area contributed by atoms with Gasteiger partial charge in [0, 0.05) is 31.1 Å².